The van der Waals surface area contributed by atoms with Crippen LogP contribution >= 0.6 is 0 Å². The summed E-state index contributed by atoms with van der Waals surface area (Å²) in [6, 6.07) is 6.50. The first kappa shape index (κ1) is 21.4. The van der Waals surface area contributed by atoms with Gasteiger partial charge in [-0.1, -0.05) is 25.8 Å². The molecule has 1 rings (SSSR count). The van der Waals surface area contributed by atoms with Gasteiger partial charge in [0, 0.05) is 17.7 Å². The normalized spacial score (nSPS) is 11.0. The zero-order chi connectivity index (χ0) is 19.2. The summed E-state index contributed by atoms with van der Waals surface area (Å²) >= 11 is 0. The molecule has 0 aliphatic carbocycles. The Morgan fingerprint density at radius 2 is 1.65 bits per heavy atom. The minimum Gasteiger partial charge on any atom is -0.512 e. The SMILES string of the molecule is C=CC(=O)OCCCCCCCOOc1ccc(C(=O)/C=C(/C)O)cc1. The molecule has 0 amide bonds. The van der Waals surface area contributed by atoms with Crippen LogP contribution in [0.3, 0.4) is 0 Å². The minimum absolute atomic E-state index is 0.0311. The molecular weight excluding hydrogens is 336 g/mol. The second kappa shape index (κ2) is 12.7. The van der Waals surface area contributed by atoms with Crippen LogP contribution in [0.4, 0.5) is 0 Å². The molecule has 0 bridgehead atoms. The summed E-state index contributed by atoms with van der Waals surface area (Å²) in [4.78, 5) is 32.8. The number of benzene rings is 1. The highest BCUT2D eigenvalue weighted by molar-refractivity contribution is 6.04. The number of hydrogen-bond donors (Lipinski definition) is 1. The summed E-state index contributed by atoms with van der Waals surface area (Å²) < 4.78 is 4.89. The van der Waals surface area contributed by atoms with Gasteiger partial charge in [-0.3, -0.25) is 4.79 Å². The first-order valence-corrected chi connectivity index (χ1v) is 8.63. The number of aliphatic hydroxyl groups is 1. The van der Waals surface area contributed by atoms with Crippen molar-refractivity contribution in [1.29, 1.82) is 0 Å². The highest BCUT2D eigenvalue weighted by atomic mass is 17.2. The van der Waals surface area contributed by atoms with Crippen LogP contribution in [0.5, 0.6) is 5.75 Å². The monoisotopic (exact) mass is 362 g/mol. The van der Waals surface area contributed by atoms with Gasteiger partial charge in [0.25, 0.3) is 0 Å². The van der Waals surface area contributed by atoms with E-state index in [4.69, 9.17) is 19.6 Å². The van der Waals surface area contributed by atoms with Gasteiger partial charge in [0.2, 0.25) is 0 Å². The molecular formula is C20H26O6. The summed E-state index contributed by atoms with van der Waals surface area (Å²) in [5.74, 6) is -0.170. The fourth-order valence-corrected chi connectivity index (χ4v) is 2.08. The van der Waals surface area contributed by atoms with Crippen LogP contribution in [0, 0.1) is 0 Å². The van der Waals surface area contributed by atoms with Crippen molar-refractivity contribution in [3.63, 3.8) is 0 Å². The number of carbonyl (C=O) groups excluding carboxylic acids is 2. The Balaban J connectivity index is 2.08. The molecule has 26 heavy (non-hydrogen) atoms. The molecule has 0 saturated carbocycles. The number of carbonyl (C=O) groups is 2. The molecule has 1 N–H and O–H groups in total. The fraction of sp³-hybridized carbons (Fsp3) is 0.400. The lowest BCUT2D eigenvalue weighted by molar-refractivity contribution is -0.207. The van der Waals surface area contributed by atoms with E-state index in [1.54, 1.807) is 24.3 Å². The number of rotatable bonds is 13. The maximum atomic E-state index is 11.7. The van der Waals surface area contributed by atoms with Crippen LogP contribution in [0.25, 0.3) is 0 Å². The van der Waals surface area contributed by atoms with Crippen molar-refractivity contribution in [1.82, 2.24) is 0 Å². The van der Waals surface area contributed by atoms with Crippen molar-refractivity contribution in [3.05, 3.63) is 54.3 Å². The predicted octanol–water partition coefficient (Wildman–Crippen LogP) is 4.32. The van der Waals surface area contributed by atoms with Gasteiger partial charge in [0.05, 0.1) is 19.0 Å². The summed E-state index contributed by atoms with van der Waals surface area (Å²) in [6.45, 7) is 5.68. The first-order chi connectivity index (χ1) is 12.5. The van der Waals surface area contributed by atoms with Crippen LogP contribution in [-0.2, 0) is 14.4 Å². The molecule has 0 unspecified atom stereocenters. The molecule has 0 radical (unpaired) electrons. The molecule has 1 aromatic rings. The Bertz CT molecular complexity index is 599. The number of allylic oxidation sites excluding steroid dienone is 2. The largest absolute Gasteiger partial charge is 0.512 e. The molecule has 0 heterocycles. The van der Waals surface area contributed by atoms with Gasteiger partial charge in [0.15, 0.2) is 11.5 Å². The van der Waals surface area contributed by atoms with E-state index in [1.165, 1.54) is 6.92 Å². The van der Waals surface area contributed by atoms with Crippen molar-refractivity contribution in [2.24, 2.45) is 0 Å². The Morgan fingerprint density at radius 3 is 2.27 bits per heavy atom. The van der Waals surface area contributed by atoms with Crippen molar-refractivity contribution in [2.75, 3.05) is 13.2 Å². The molecule has 1 aromatic carbocycles. The molecule has 0 aliphatic rings. The number of ketones is 1. The molecule has 142 valence electrons. The molecule has 0 saturated heterocycles. The maximum absolute atomic E-state index is 11.7. The molecule has 0 fully saturated rings. The van der Waals surface area contributed by atoms with E-state index in [-0.39, 0.29) is 17.5 Å². The number of hydrogen-bond acceptors (Lipinski definition) is 6. The smallest absolute Gasteiger partial charge is 0.330 e. The van der Waals surface area contributed by atoms with Crippen LogP contribution in [-0.4, -0.2) is 30.1 Å². The van der Waals surface area contributed by atoms with Crippen molar-refractivity contribution in [2.45, 2.75) is 39.0 Å². The van der Waals surface area contributed by atoms with E-state index in [0.29, 0.717) is 24.5 Å². The Labute approximate surface area is 154 Å². The van der Waals surface area contributed by atoms with Crippen LogP contribution in [0.15, 0.2) is 48.8 Å². The third kappa shape index (κ3) is 9.64. The van der Waals surface area contributed by atoms with E-state index < -0.39 is 0 Å². The Hall–Kier alpha value is -2.60. The molecule has 0 aromatic heterocycles. The highest BCUT2D eigenvalue weighted by Crippen LogP contribution is 2.14. The standard InChI is InChI=1S/C20H26O6/c1-3-20(23)24-13-7-5-4-6-8-14-25-26-18-11-9-17(10-12-18)19(22)15-16(2)21/h3,9-12,15,21H,1,4-8,13-14H2,2H3/b16-15-. The maximum Gasteiger partial charge on any atom is 0.330 e. The lowest BCUT2D eigenvalue weighted by Crippen LogP contribution is -2.02. The zero-order valence-corrected chi connectivity index (χ0v) is 15.1. The van der Waals surface area contributed by atoms with Gasteiger partial charge in [-0.2, -0.15) is 4.89 Å². The van der Waals surface area contributed by atoms with Gasteiger partial charge in [-0.05, 0) is 44.0 Å². The average Bonchev–Trinajstić information content (AvgIpc) is 2.62. The van der Waals surface area contributed by atoms with Crippen LogP contribution in [0.1, 0.15) is 49.4 Å². The molecule has 0 aliphatic heterocycles. The molecule has 0 spiro atoms. The third-order valence-corrected chi connectivity index (χ3v) is 3.42. The second-order valence-corrected chi connectivity index (χ2v) is 5.72. The van der Waals surface area contributed by atoms with Gasteiger partial charge < -0.3 is 14.7 Å². The van der Waals surface area contributed by atoms with E-state index in [2.05, 4.69) is 6.58 Å². The van der Waals surface area contributed by atoms with E-state index >= 15 is 0 Å². The Morgan fingerprint density at radius 1 is 1.04 bits per heavy atom. The predicted molar refractivity (Wildman–Crippen MR) is 98.0 cm³/mol. The zero-order valence-electron chi connectivity index (χ0n) is 15.1. The van der Waals surface area contributed by atoms with Crippen molar-refractivity contribution < 1.29 is 29.2 Å². The minimum atomic E-state index is -0.382. The molecule has 6 heteroatoms. The summed E-state index contributed by atoms with van der Waals surface area (Å²) in [5.41, 5.74) is 0.463. The Kier molecular flexibility index (Phi) is 10.5. The van der Waals surface area contributed by atoms with E-state index in [9.17, 15) is 9.59 Å². The lowest BCUT2D eigenvalue weighted by Gasteiger charge is -2.06. The fourth-order valence-electron chi connectivity index (χ4n) is 2.08. The second-order valence-electron chi connectivity index (χ2n) is 5.72. The summed E-state index contributed by atoms with van der Waals surface area (Å²) in [5, 5.41) is 9.09. The average molecular weight is 362 g/mol. The van der Waals surface area contributed by atoms with E-state index in [1.807, 2.05) is 0 Å². The lowest BCUT2D eigenvalue weighted by atomic mass is 10.1. The van der Waals surface area contributed by atoms with Crippen LogP contribution < -0.4 is 4.89 Å². The number of esters is 1. The van der Waals surface area contributed by atoms with E-state index in [0.717, 1.165) is 44.3 Å². The first-order valence-electron chi connectivity index (χ1n) is 8.63. The molecule has 6 nitrogen and oxygen atoms in total. The van der Waals surface area contributed by atoms with Gasteiger partial charge >= 0.3 is 5.97 Å². The number of unbranched alkanes of at least 4 members (excludes halogenated alkanes) is 4. The van der Waals surface area contributed by atoms with Crippen molar-refractivity contribution in [3.8, 4) is 5.75 Å². The van der Waals surface area contributed by atoms with Gasteiger partial charge in [-0.25, -0.2) is 4.79 Å². The molecule has 0 atom stereocenters. The summed E-state index contributed by atoms with van der Waals surface area (Å²) in [7, 11) is 0. The number of ether oxygens (including phenoxy) is 1. The third-order valence-electron chi connectivity index (χ3n) is 3.42. The van der Waals surface area contributed by atoms with Crippen molar-refractivity contribution >= 4 is 11.8 Å². The summed E-state index contributed by atoms with van der Waals surface area (Å²) in [6.07, 6.45) is 7.05. The highest BCUT2D eigenvalue weighted by Gasteiger charge is 2.04. The van der Waals surface area contributed by atoms with Gasteiger partial charge in [0.1, 0.15) is 0 Å². The van der Waals surface area contributed by atoms with Gasteiger partial charge in [-0.15, -0.1) is 0 Å². The topological polar surface area (TPSA) is 82.1 Å². The number of aliphatic hydroxyl groups excluding tert-OH is 1. The van der Waals surface area contributed by atoms with Crippen LogP contribution in [0.2, 0.25) is 0 Å². The quantitative estimate of drug-likeness (QED) is 0.107.